The minimum Gasteiger partial charge on any atom is -0.351 e. The molecule has 3 N–H and O–H groups in total. The maximum absolute atomic E-state index is 13.2. The van der Waals surface area contributed by atoms with Gasteiger partial charge in [-0.3, -0.25) is 4.79 Å². The molecule has 2 saturated carbocycles. The number of nitrogens with one attached hydrogen (secondary N) is 1. The average Bonchev–Trinajstić information content (AvgIpc) is 3.21. The van der Waals surface area contributed by atoms with E-state index in [-0.39, 0.29) is 30.2 Å². The van der Waals surface area contributed by atoms with Crippen molar-refractivity contribution in [2.75, 3.05) is 6.54 Å². The van der Waals surface area contributed by atoms with Gasteiger partial charge < -0.3 is 11.1 Å². The lowest BCUT2D eigenvalue weighted by Gasteiger charge is -2.30. The number of benzene rings is 1. The minimum absolute atomic E-state index is 0. The highest BCUT2D eigenvalue weighted by molar-refractivity contribution is 5.89. The summed E-state index contributed by atoms with van der Waals surface area (Å²) in [4.78, 5) is 12.9. The Kier molecular flexibility index (Phi) is 5.45. The van der Waals surface area contributed by atoms with Crippen molar-refractivity contribution in [3.63, 3.8) is 0 Å². The molecule has 3 rings (SSSR count). The molecule has 1 unspecified atom stereocenters. The van der Waals surface area contributed by atoms with E-state index in [4.69, 9.17) is 5.73 Å². The predicted octanol–water partition coefficient (Wildman–Crippen LogP) is 2.91. The predicted molar refractivity (Wildman–Crippen MR) is 87.5 cm³/mol. The molecule has 2 aliphatic carbocycles. The second-order valence-corrected chi connectivity index (χ2v) is 6.45. The molecular formula is C17H24ClFN2O. The third kappa shape index (κ3) is 3.28. The lowest BCUT2D eigenvalue weighted by molar-refractivity contribution is -0.127. The van der Waals surface area contributed by atoms with Gasteiger partial charge in [-0.25, -0.2) is 4.39 Å². The van der Waals surface area contributed by atoms with Gasteiger partial charge in [0.05, 0.1) is 5.41 Å². The van der Waals surface area contributed by atoms with Gasteiger partial charge in [-0.1, -0.05) is 25.0 Å². The number of halogens is 2. The maximum Gasteiger partial charge on any atom is 0.230 e. The number of carbonyl (C=O) groups excluding carboxylic acids is 1. The largest absolute Gasteiger partial charge is 0.351 e. The van der Waals surface area contributed by atoms with Crippen molar-refractivity contribution in [3.8, 4) is 0 Å². The minimum atomic E-state index is -0.490. The Balaban J connectivity index is 0.00000176. The Labute approximate surface area is 137 Å². The van der Waals surface area contributed by atoms with E-state index in [1.165, 1.54) is 12.1 Å². The fraction of sp³-hybridized carbons (Fsp3) is 0.588. The number of carbonyl (C=O) groups is 1. The number of rotatable bonds is 5. The van der Waals surface area contributed by atoms with Gasteiger partial charge in [0.15, 0.2) is 0 Å². The standard InChI is InChI=1S/C17H23FN2O.ClH/c18-14-7-5-13(6-8-14)17(9-1-2-10-17)16(21)20-15(11-19)12-3-4-12;/h5-8,12,15H,1-4,9-11,19H2,(H,20,21);1H. The topological polar surface area (TPSA) is 55.1 Å². The molecule has 0 bridgehead atoms. The van der Waals surface area contributed by atoms with E-state index in [1.807, 2.05) is 0 Å². The smallest absolute Gasteiger partial charge is 0.230 e. The van der Waals surface area contributed by atoms with Crippen molar-refractivity contribution in [3.05, 3.63) is 35.6 Å². The van der Waals surface area contributed by atoms with Gasteiger partial charge in [-0.15, -0.1) is 12.4 Å². The molecule has 0 aliphatic heterocycles. The van der Waals surface area contributed by atoms with Gasteiger partial charge >= 0.3 is 0 Å². The van der Waals surface area contributed by atoms with Crippen LogP contribution < -0.4 is 11.1 Å². The molecule has 0 aromatic heterocycles. The maximum atomic E-state index is 13.2. The van der Waals surface area contributed by atoms with Gasteiger partial charge in [-0.2, -0.15) is 0 Å². The van der Waals surface area contributed by atoms with Crippen LogP contribution in [0.15, 0.2) is 24.3 Å². The van der Waals surface area contributed by atoms with Gasteiger partial charge in [0, 0.05) is 12.6 Å². The fourth-order valence-corrected chi connectivity index (χ4v) is 3.57. The number of nitrogens with two attached hydrogens (primary N) is 1. The molecule has 0 spiro atoms. The highest BCUT2D eigenvalue weighted by Gasteiger charge is 2.44. The van der Waals surface area contributed by atoms with Crippen molar-refractivity contribution in [2.45, 2.75) is 50.0 Å². The molecule has 22 heavy (non-hydrogen) atoms. The molecule has 1 atom stereocenters. The van der Waals surface area contributed by atoms with Gasteiger partial charge in [-0.05, 0) is 49.3 Å². The highest BCUT2D eigenvalue weighted by atomic mass is 35.5. The van der Waals surface area contributed by atoms with Crippen LogP contribution in [0.1, 0.15) is 44.1 Å². The van der Waals surface area contributed by atoms with Crippen molar-refractivity contribution in [1.82, 2.24) is 5.32 Å². The third-order valence-electron chi connectivity index (χ3n) is 5.05. The Morgan fingerprint density at radius 3 is 2.36 bits per heavy atom. The molecule has 3 nitrogen and oxygen atoms in total. The van der Waals surface area contributed by atoms with E-state index < -0.39 is 5.41 Å². The van der Waals surface area contributed by atoms with Crippen molar-refractivity contribution >= 4 is 18.3 Å². The van der Waals surface area contributed by atoms with E-state index >= 15 is 0 Å². The number of hydrogen-bond donors (Lipinski definition) is 2. The zero-order valence-electron chi connectivity index (χ0n) is 12.7. The van der Waals surface area contributed by atoms with Crippen LogP contribution in [-0.4, -0.2) is 18.5 Å². The Hall–Kier alpha value is -1.13. The molecule has 1 amide bonds. The molecule has 0 radical (unpaired) electrons. The second kappa shape index (κ2) is 6.97. The molecule has 5 heteroatoms. The summed E-state index contributed by atoms with van der Waals surface area (Å²) in [6, 6.07) is 6.51. The third-order valence-corrected chi connectivity index (χ3v) is 5.05. The Bertz CT molecular complexity index is 510. The van der Waals surface area contributed by atoms with E-state index in [1.54, 1.807) is 12.1 Å². The first-order valence-electron chi connectivity index (χ1n) is 7.93. The van der Waals surface area contributed by atoms with Crippen molar-refractivity contribution in [2.24, 2.45) is 11.7 Å². The summed E-state index contributed by atoms with van der Waals surface area (Å²) in [7, 11) is 0. The number of hydrogen-bond acceptors (Lipinski definition) is 2. The quantitative estimate of drug-likeness (QED) is 0.874. The van der Waals surface area contributed by atoms with Crippen LogP contribution in [0.5, 0.6) is 0 Å². The molecule has 2 aliphatic rings. The molecule has 0 heterocycles. The Morgan fingerprint density at radius 1 is 1.27 bits per heavy atom. The van der Waals surface area contributed by atoms with Gasteiger partial charge in [0.1, 0.15) is 5.82 Å². The van der Waals surface area contributed by atoms with Crippen molar-refractivity contribution in [1.29, 1.82) is 0 Å². The van der Waals surface area contributed by atoms with E-state index in [0.29, 0.717) is 12.5 Å². The summed E-state index contributed by atoms with van der Waals surface area (Å²) in [5.41, 5.74) is 6.24. The summed E-state index contributed by atoms with van der Waals surface area (Å²) in [5.74, 6) is 0.365. The van der Waals surface area contributed by atoms with Crippen LogP contribution in [-0.2, 0) is 10.2 Å². The van der Waals surface area contributed by atoms with Crippen LogP contribution in [0.4, 0.5) is 4.39 Å². The van der Waals surface area contributed by atoms with E-state index in [9.17, 15) is 9.18 Å². The first-order chi connectivity index (χ1) is 10.2. The lowest BCUT2D eigenvalue weighted by Crippen LogP contribution is -2.50. The van der Waals surface area contributed by atoms with Crippen LogP contribution in [0, 0.1) is 11.7 Å². The normalized spacial score (nSPS) is 21.0. The summed E-state index contributed by atoms with van der Waals surface area (Å²) in [6.45, 7) is 0.496. The van der Waals surface area contributed by atoms with Crippen LogP contribution in [0.3, 0.4) is 0 Å². The SMILES string of the molecule is Cl.NCC(NC(=O)C1(c2ccc(F)cc2)CCCC1)C1CC1. The summed E-state index contributed by atoms with van der Waals surface area (Å²) >= 11 is 0. The fourth-order valence-electron chi connectivity index (χ4n) is 3.57. The van der Waals surface area contributed by atoms with Gasteiger partial charge in [0.25, 0.3) is 0 Å². The lowest BCUT2D eigenvalue weighted by atomic mass is 9.77. The van der Waals surface area contributed by atoms with E-state index in [2.05, 4.69) is 5.32 Å². The van der Waals surface area contributed by atoms with Crippen LogP contribution >= 0.6 is 12.4 Å². The summed E-state index contributed by atoms with van der Waals surface area (Å²) < 4.78 is 13.2. The number of amides is 1. The monoisotopic (exact) mass is 326 g/mol. The zero-order valence-corrected chi connectivity index (χ0v) is 13.5. The molecule has 122 valence electrons. The van der Waals surface area contributed by atoms with Gasteiger partial charge in [0.2, 0.25) is 5.91 Å². The molecule has 0 saturated heterocycles. The highest BCUT2D eigenvalue weighted by Crippen LogP contribution is 2.42. The summed E-state index contributed by atoms with van der Waals surface area (Å²) in [6.07, 6.45) is 6.08. The first-order valence-corrected chi connectivity index (χ1v) is 7.93. The molecule has 1 aromatic carbocycles. The first kappa shape index (κ1) is 17.2. The van der Waals surface area contributed by atoms with E-state index in [0.717, 1.165) is 44.1 Å². The van der Waals surface area contributed by atoms with Crippen LogP contribution in [0.2, 0.25) is 0 Å². The average molecular weight is 327 g/mol. The second-order valence-electron chi connectivity index (χ2n) is 6.45. The molecular weight excluding hydrogens is 303 g/mol. The Morgan fingerprint density at radius 2 is 1.86 bits per heavy atom. The summed E-state index contributed by atoms with van der Waals surface area (Å²) in [5, 5.41) is 3.17. The zero-order chi connectivity index (χ0) is 14.9. The molecule has 2 fully saturated rings. The molecule has 1 aromatic rings. The van der Waals surface area contributed by atoms with Crippen molar-refractivity contribution < 1.29 is 9.18 Å². The van der Waals surface area contributed by atoms with Crippen LogP contribution in [0.25, 0.3) is 0 Å².